The fourth-order valence-electron chi connectivity index (χ4n) is 1.80. The topological polar surface area (TPSA) is 63.8 Å². The van der Waals surface area contributed by atoms with E-state index in [0.717, 1.165) is 17.7 Å². The molecule has 2 rings (SSSR count). The number of rotatable bonds is 4. The molecular formula is C13H15FN4. The van der Waals surface area contributed by atoms with Crippen LogP contribution in [0.5, 0.6) is 0 Å². The lowest BCUT2D eigenvalue weighted by molar-refractivity contribution is 0.565. The number of halogens is 1. The highest BCUT2D eigenvalue weighted by atomic mass is 19.1. The van der Waals surface area contributed by atoms with E-state index in [1.165, 1.54) is 12.3 Å². The van der Waals surface area contributed by atoms with E-state index < -0.39 is 0 Å². The van der Waals surface area contributed by atoms with Crippen molar-refractivity contribution < 1.29 is 4.39 Å². The molecule has 2 aromatic heterocycles. The summed E-state index contributed by atoms with van der Waals surface area (Å²) in [7, 11) is 1.85. The molecule has 0 aromatic carbocycles. The van der Waals surface area contributed by atoms with Gasteiger partial charge in [0.1, 0.15) is 11.6 Å². The number of hydrogen-bond donors (Lipinski definition) is 2. The van der Waals surface area contributed by atoms with Crippen LogP contribution in [0.1, 0.15) is 17.3 Å². The van der Waals surface area contributed by atoms with Crippen LogP contribution in [-0.2, 0) is 6.42 Å². The van der Waals surface area contributed by atoms with Crippen molar-refractivity contribution in [2.45, 2.75) is 12.5 Å². The summed E-state index contributed by atoms with van der Waals surface area (Å²) in [5, 5.41) is 3.16. The number of likely N-dealkylation sites (N-methyl/N-ethyl adjacent to an activating group) is 1. The van der Waals surface area contributed by atoms with Crippen molar-refractivity contribution in [2.75, 3.05) is 12.8 Å². The largest absolute Gasteiger partial charge is 0.384 e. The van der Waals surface area contributed by atoms with Gasteiger partial charge in [-0.15, -0.1) is 0 Å². The second kappa shape index (κ2) is 5.55. The first-order valence-corrected chi connectivity index (χ1v) is 5.68. The molecule has 0 spiro atoms. The average molecular weight is 246 g/mol. The normalized spacial score (nSPS) is 12.3. The second-order valence-electron chi connectivity index (χ2n) is 4.04. The van der Waals surface area contributed by atoms with Crippen LogP contribution in [0.3, 0.4) is 0 Å². The van der Waals surface area contributed by atoms with E-state index in [4.69, 9.17) is 5.73 Å². The molecule has 0 saturated heterocycles. The molecule has 2 aromatic rings. The molecule has 18 heavy (non-hydrogen) atoms. The van der Waals surface area contributed by atoms with Gasteiger partial charge in [-0.2, -0.15) is 0 Å². The molecule has 94 valence electrons. The van der Waals surface area contributed by atoms with Crippen LogP contribution in [0.15, 0.2) is 36.7 Å². The fraction of sp³-hybridized carbons (Fsp3) is 0.231. The molecule has 1 unspecified atom stereocenters. The number of pyridine rings is 2. The summed E-state index contributed by atoms with van der Waals surface area (Å²) < 4.78 is 12.8. The van der Waals surface area contributed by atoms with E-state index in [1.54, 1.807) is 12.3 Å². The Morgan fingerprint density at radius 3 is 2.78 bits per heavy atom. The Morgan fingerprint density at radius 2 is 2.17 bits per heavy atom. The zero-order chi connectivity index (χ0) is 13.0. The van der Waals surface area contributed by atoms with Gasteiger partial charge < -0.3 is 11.1 Å². The summed E-state index contributed by atoms with van der Waals surface area (Å²) in [6.07, 6.45) is 3.62. The fourth-order valence-corrected chi connectivity index (χ4v) is 1.80. The molecule has 0 fully saturated rings. The van der Waals surface area contributed by atoms with Gasteiger partial charge in [-0.05, 0) is 43.3 Å². The standard InChI is InChI=1S/C13H15FN4/c1-16-12(11-3-2-10(14)8-18-11)6-9-4-5-17-13(15)7-9/h2-5,7-8,12,16H,6H2,1H3,(H2,15,17). The third-order valence-electron chi connectivity index (χ3n) is 2.74. The summed E-state index contributed by atoms with van der Waals surface area (Å²) in [6, 6.07) is 6.85. The highest BCUT2D eigenvalue weighted by Crippen LogP contribution is 2.17. The minimum absolute atomic E-state index is 0.0207. The number of hydrogen-bond acceptors (Lipinski definition) is 4. The Labute approximate surface area is 105 Å². The first-order chi connectivity index (χ1) is 8.69. The van der Waals surface area contributed by atoms with Crippen LogP contribution in [0, 0.1) is 5.82 Å². The Kier molecular flexibility index (Phi) is 3.84. The summed E-state index contributed by atoms with van der Waals surface area (Å²) >= 11 is 0. The molecular weight excluding hydrogens is 231 g/mol. The number of nitrogen functional groups attached to an aromatic ring is 1. The number of nitrogens with zero attached hydrogens (tertiary/aromatic N) is 2. The van der Waals surface area contributed by atoms with E-state index in [1.807, 2.05) is 19.2 Å². The summed E-state index contributed by atoms with van der Waals surface area (Å²) in [6.45, 7) is 0. The predicted octanol–water partition coefficient (Wildman–Crippen LogP) is 1.70. The molecule has 0 aliphatic rings. The van der Waals surface area contributed by atoms with Crippen molar-refractivity contribution in [3.8, 4) is 0 Å². The average Bonchev–Trinajstić information content (AvgIpc) is 2.37. The highest BCUT2D eigenvalue weighted by molar-refractivity contribution is 5.32. The van der Waals surface area contributed by atoms with Gasteiger partial charge in [0, 0.05) is 6.20 Å². The van der Waals surface area contributed by atoms with E-state index in [0.29, 0.717) is 5.82 Å². The lowest BCUT2D eigenvalue weighted by atomic mass is 10.0. The van der Waals surface area contributed by atoms with Gasteiger partial charge in [-0.3, -0.25) is 4.98 Å². The molecule has 0 radical (unpaired) electrons. The molecule has 4 nitrogen and oxygen atoms in total. The van der Waals surface area contributed by atoms with Gasteiger partial charge in [0.25, 0.3) is 0 Å². The maximum absolute atomic E-state index is 12.8. The first kappa shape index (κ1) is 12.4. The summed E-state index contributed by atoms with van der Waals surface area (Å²) in [4.78, 5) is 8.03. The predicted molar refractivity (Wildman–Crippen MR) is 68.3 cm³/mol. The van der Waals surface area contributed by atoms with Crippen LogP contribution in [0.4, 0.5) is 10.2 Å². The summed E-state index contributed by atoms with van der Waals surface area (Å²) in [5.41, 5.74) is 7.50. The van der Waals surface area contributed by atoms with Gasteiger partial charge in [0.15, 0.2) is 0 Å². The zero-order valence-electron chi connectivity index (χ0n) is 10.1. The van der Waals surface area contributed by atoms with E-state index >= 15 is 0 Å². The second-order valence-corrected chi connectivity index (χ2v) is 4.04. The highest BCUT2D eigenvalue weighted by Gasteiger charge is 2.11. The molecule has 0 amide bonds. The third-order valence-corrected chi connectivity index (χ3v) is 2.74. The quantitative estimate of drug-likeness (QED) is 0.862. The van der Waals surface area contributed by atoms with Gasteiger partial charge in [-0.25, -0.2) is 9.37 Å². The minimum atomic E-state index is -0.332. The lowest BCUT2D eigenvalue weighted by Gasteiger charge is -2.15. The van der Waals surface area contributed by atoms with Crippen LogP contribution in [0.2, 0.25) is 0 Å². The minimum Gasteiger partial charge on any atom is -0.384 e. The Bertz CT molecular complexity index is 513. The Morgan fingerprint density at radius 1 is 1.33 bits per heavy atom. The SMILES string of the molecule is CNC(Cc1ccnc(N)c1)c1ccc(F)cn1. The van der Waals surface area contributed by atoms with E-state index in [-0.39, 0.29) is 11.9 Å². The number of anilines is 1. The monoisotopic (exact) mass is 246 g/mol. The zero-order valence-corrected chi connectivity index (χ0v) is 10.1. The Balaban J connectivity index is 2.17. The first-order valence-electron chi connectivity index (χ1n) is 5.68. The maximum Gasteiger partial charge on any atom is 0.141 e. The maximum atomic E-state index is 12.8. The number of nitrogens with two attached hydrogens (primary N) is 1. The van der Waals surface area contributed by atoms with Crippen molar-refractivity contribution in [2.24, 2.45) is 0 Å². The van der Waals surface area contributed by atoms with Crippen molar-refractivity contribution in [3.05, 3.63) is 53.7 Å². The van der Waals surface area contributed by atoms with Crippen molar-refractivity contribution in [3.63, 3.8) is 0 Å². The molecule has 0 bridgehead atoms. The van der Waals surface area contributed by atoms with Crippen LogP contribution >= 0.6 is 0 Å². The van der Waals surface area contributed by atoms with Crippen molar-refractivity contribution in [1.29, 1.82) is 0 Å². The lowest BCUT2D eigenvalue weighted by Crippen LogP contribution is -2.20. The molecule has 3 N–H and O–H groups in total. The molecule has 1 atom stereocenters. The van der Waals surface area contributed by atoms with Crippen LogP contribution in [-0.4, -0.2) is 17.0 Å². The molecule has 2 heterocycles. The van der Waals surface area contributed by atoms with Crippen molar-refractivity contribution >= 4 is 5.82 Å². The molecule has 0 aliphatic heterocycles. The Hall–Kier alpha value is -2.01. The smallest absolute Gasteiger partial charge is 0.141 e. The van der Waals surface area contributed by atoms with Gasteiger partial charge >= 0.3 is 0 Å². The van der Waals surface area contributed by atoms with Gasteiger partial charge in [0.2, 0.25) is 0 Å². The van der Waals surface area contributed by atoms with Gasteiger partial charge in [0.05, 0.1) is 17.9 Å². The number of aromatic nitrogens is 2. The van der Waals surface area contributed by atoms with Crippen molar-refractivity contribution in [1.82, 2.24) is 15.3 Å². The number of nitrogens with one attached hydrogen (secondary N) is 1. The van der Waals surface area contributed by atoms with Crippen LogP contribution < -0.4 is 11.1 Å². The molecule has 0 aliphatic carbocycles. The summed E-state index contributed by atoms with van der Waals surface area (Å²) in [5.74, 6) is 0.163. The van der Waals surface area contributed by atoms with Crippen LogP contribution in [0.25, 0.3) is 0 Å². The molecule has 0 saturated carbocycles. The third kappa shape index (κ3) is 3.01. The van der Waals surface area contributed by atoms with E-state index in [9.17, 15) is 4.39 Å². The van der Waals surface area contributed by atoms with E-state index in [2.05, 4.69) is 15.3 Å². The van der Waals surface area contributed by atoms with Gasteiger partial charge in [-0.1, -0.05) is 0 Å². The molecule has 5 heteroatoms.